The van der Waals surface area contributed by atoms with Gasteiger partial charge in [0.1, 0.15) is 17.0 Å². The SMILES string of the molecule is [2H]C([2H])([2H])n1nccc1C(=O)N[C@H](c1nc2c(F)c(C3(C(=O)N4CC(F)(F)C4)CC(F)(F)C3)ccc2[nH]1)C1CCC(F)(F)CC1. The summed E-state index contributed by atoms with van der Waals surface area (Å²) >= 11 is 0. The first-order valence-electron chi connectivity index (χ1n) is 14.8. The van der Waals surface area contributed by atoms with Crippen LogP contribution in [0, 0.1) is 11.7 Å². The number of alkyl halides is 6. The lowest BCUT2D eigenvalue weighted by Crippen LogP contribution is -2.67. The molecule has 2 saturated carbocycles. The zero-order valence-electron chi connectivity index (χ0n) is 24.9. The van der Waals surface area contributed by atoms with Crippen LogP contribution in [-0.2, 0) is 17.2 Å². The van der Waals surface area contributed by atoms with Crippen molar-refractivity contribution in [3.8, 4) is 0 Å². The van der Waals surface area contributed by atoms with E-state index in [1.54, 1.807) is 0 Å². The van der Waals surface area contributed by atoms with Crippen LogP contribution in [0.3, 0.4) is 0 Å². The van der Waals surface area contributed by atoms with E-state index in [1.807, 2.05) is 0 Å². The van der Waals surface area contributed by atoms with E-state index in [-0.39, 0.29) is 29.9 Å². The average Bonchev–Trinajstić information content (AvgIpc) is 3.57. The van der Waals surface area contributed by atoms with Gasteiger partial charge in [0, 0.05) is 48.5 Å². The average molecular weight is 604 g/mol. The molecule has 3 heterocycles. The van der Waals surface area contributed by atoms with Gasteiger partial charge in [-0.25, -0.2) is 35.7 Å². The van der Waals surface area contributed by atoms with Crippen molar-refractivity contribution in [3.05, 3.63) is 47.3 Å². The largest absolute Gasteiger partial charge is 0.340 e. The number of carbonyl (C=O) groups is 2. The molecule has 3 aromatic rings. The summed E-state index contributed by atoms with van der Waals surface area (Å²) in [6.45, 7) is -4.76. The van der Waals surface area contributed by atoms with E-state index in [1.165, 1.54) is 6.07 Å². The number of imidazole rings is 1. The Morgan fingerprint density at radius 2 is 1.74 bits per heavy atom. The molecule has 3 aliphatic rings. The van der Waals surface area contributed by atoms with E-state index < -0.39 is 110 Å². The lowest BCUT2D eigenvalue weighted by molar-refractivity contribution is -0.192. The van der Waals surface area contributed by atoms with Crippen LogP contribution < -0.4 is 5.32 Å². The smallest absolute Gasteiger partial charge is 0.282 e. The number of nitrogens with zero attached hydrogens (tertiary/aromatic N) is 4. The van der Waals surface area contributed by atoms with Crippen molar-refractivity contribution in [3.63, 3.8) is 0 Å². The predicted octanol–water partition coefficient (Wildman–Crippen LogP) is 4.88. The third-order valence-electron chi connectivity index (χ3n) is 8.48. The summed E-state index contributed by atoms with van der Waals surface area (Å²) in [6.07, 6.45) is -2.25. The van der Waals surface area contributed by atoms with Gasteiger partial charge in [-0.05, 0) is 30.9 Å². The van der Waals surface area contributed by atoms with Crippen molar-refractivity contribution in [2.75, 3.05) is 13.1 Å². The first kappa shape index (κ1) is 24.9. The predicted molar refractivity (Wildman–Crippen MR) is 134 cm³/mol. The van der Waals surface area contributed by atoms with Crippen molar-refractivity contribution >= 4 is 22.8 Å². The second-order valence-corrected chi connectivity index (χ2v) is 11.5. The van der Waals surface area contributed by atoms with E-state index in [4.69, 9.17) is 4.11 Å². The molecule has 15 heteroatoms. The summed E-state index contributed by atoms with van der Waals surface area (Å²) in [7, 11) is 0. The van der Waals surface area contributed by atoms with Gasteiger partial charge in [0.05, 0.1) is 30.1 Å². The number of hydrogen-bond donors (Lipinski definition) is 2. The minimum Gasteiger partial charge on any atom is -0.340 e. The first-order valence-corrected chi connectivity index (χ1v) is 13.3. The molecule has 0 unspecified atom stereocenters. The van der Waals surface area contributed by atoms with Gasteiger partial charge in [-0.3, -0.25) is 14.3 Å². The standard InChI is InChI=1S/C27H27F7N6O2/c1-39-17(6-9-35-39)22(41)38-19(14-4-7-25(29,30)8-5-14)21-36-16-3-2-15(18(28)20(16)37-21)24(10-26(31,32)11-24)23(42)40-12-27(33,34)13-40/h2-3,6,9,14,19H,4-5,7-8,10-13H2,1H3,(H,36,37)(H,38,41)/t19-/m0/s1/i1D3. The van der Waals surface area contributed by atoms with Crippen LogP contribution in [0.25, 0.3) is 11.0 Å². The third kappa shape index (κ3) is 4.79. The molecule has 0 spiro atoms. The molecule has 2 N–H and O–H groups in total. The molecule has 0 bridgehead atoms. The number of hydrogen-bond acceptors (Lipinski definition) is 4. The van der Waals surface area contributed by atoms with E-state index in [0.717, 1.165) is 18.3 Å². The number of H-pyrrole nitrogens is 1. The molecule has 1 atom stereocenters. The monoisotopic (exact) mass is 603 g/mol. The fourth-order valence-corrected chi connectivity index (χ4v) is 6.32. The van der Waals surface area contributed by atoms with Crippen LogP contribution in [0.2, 0.25) is 0 Å². The van der Waals surface area contributed by atoms with Crippen molar-refractivity contribution in [1.82, 2.24) is 30.0 Å². The summed E-state index contributed by atoms with van der Waals surface area (Å²) in [5, 5.41) is 6.28. The Labute approximate surface area is 238 Å². The minimum atomic E-state index is -3.33. The summed E-state index contributed by atoms with van der Waals surface area (Å²) < 4.78 is 123. The molecule has 2 amide bonds. The molecule has 42 heavy (non-hydrogen) atoms. The number of aryl methyl sites for hydroxylation is 1. The number of likely N-dealkylation sites (tertiary alicyclic amines) is 1. The van der Waals surface area contributed by atoms with Crippen LogP contribution >= 0.6 is 0 Å². The molecule has 3 fully saturated rings. The number of carbonyl (C=O) groups excluding carboxylic acids is 2. The van der Waals surface area contributed by atoms with Crippen LogP contribution in [0.4, 0.5) is 30.7 Å². The number of aromatic nitrogens is 4. The number of benzene rings is 1. The Bertz CT molecular complexity index is 1650. The molecule has 2 aliphatic carbocycles. The Hall–Kier alpha value is -3.65. The lowest BCUT2D eigenvalue weighted by Gasteiger charge is -2.51. The molecular weight excluding hydrogens is 573 g/mol. The summed E-state index contributed by atoms with van der Waals surface area (Å²) in [5.74, 6) is -13.3. The van der Waals surface area contributed by atoms with Gasteiger partial charge in [0.2, 0.25) is 11.8 Å². The zero-order chi connectivity index (χ0) is 32.7. The van der Waals surface area contributed by atoms with Gasteiger partial charge in [-0.1, -0.05) is 6.07 Å². The molecule has 1 aromatic carbocycles. The second-order valence-electron chi connectivity index (χ2n) is 11.5. The molecule has 6 rings (SSSR count). The van der Waals surface area contributed by atoms with Crippen LogP contribution in [-0.4, -0.2) is 67.3 Å². The van der Waals surface area contributed by atoms with E-state index in [2.05, 4.69) is 20.4 Å². The molecule has 226 valence electrons. The molecule has 8 nitrogen and oxygen atoms in total. The Morgan fingerprint density at radius 1 is 1.05 bits per heavy atom. The maximum atomic E-state index is 16.1. The molecule has 1 saturated heterocycles. The van der Waals surface area contributed by atoms with Gasteiger partial charge in [0.25, 0.3) is 17.8 Å². The van der Waals surface area contributed by atoms with Crippen LogP contribution in [0.5, 0.6) is 0 Å². The molecule has 2 aromatic heterocycles. The number of fused-ring (bicyclic) bond motifs is 1. The fourth-order valence-electron chi connectivity index (χ4n) is 6.32. The molecular formula is C27H27F7N6O2. The normalized spacial score (nSPS) is 24.5. The van der Waals surface area contributed by atoms with Crippen molar-refractivity contribution < 1.29 is 44.4 Å². The van der Waals surface area contributed by atoms with Gasteiger partial charge in [-0.15, -0.1) is 0 Å². The highest BCUT2D eigenvalue weighted by Gasteiger charge is 2.65. The number of halogens is 7. The maximum absolute atomic E-state index is 16.1. The zero-order valence-corrected chi connectivity index (χ0v) is 21.9. The van der Waals surface area contributed by atoms with Crippen LogP contribution in [0.1, 0.15) is 70.6 Å². The number of amides is 2. The van der Waals surface area contributed by atoms with E-state index in [9.17, 15) is 35.9 Å². The van der Waals surface area contributed by atoms with Gasteiger partial charge >= 0.3 is 0 Å². The Morgan fingerprint density at radius 3 is 2.36 bits per heavy atom. The topological polar surface area (TPSA) is 95.9 Å². The van der Waals surface area contributed by atoms with Crippen molar-refractivity contribution in [2.24, 2.45) is 12.9 Å². The first-order chi connectivity index (χ1) is 20.8. The Balaban J connectivity index is 1.36. The molecule has 0 radical (unpaired) electrons. The lowest BCUT2D eigenvalue weighted by atomic mass is 9.60. The summed E-state index contributed by atoms with van der Waals surface area (Å²) in [6, 6.07) is 2.39. The van der Waals surface area contributed by atoms with Gasteiger partial charge in [0.15, 0.2) is 5.82 Å². The number of aromatic amines is 1. The van der Waals surface area contributed by atoms with Gasteiger partial charge < -0.3 is 15.2 Å². The summed E-state index contributed by atoms with van der Waals surface area (Å²) in [4.78, 5) is 34.3. The summed E-state index contributed by atoms with van der Waals surface area (Å²) in [5.41, 5.74) is -3.27. The quantitative estimate of drug-likeness (QED) is 0.393. The highest BCUT2D eigenvalue weighted by Crippen LogP contribution is 2.56. The van der Waals surface area contributed by atoms with E-state index in [0.29, 0.717) is 9.58 Å². The van der Waals surface area contributed by atoms with Crippen molar-refractivity contribution in [1.29, 1.82) is 0 Å². The van der Waals surface area contributed by atoms with E-state index >= 15 is 4.39 Å². The molecule has 1 aliphatic heterocycles. The van der Waals surface area contributed by atoms with Gasteiger partial charge in [-0.2, -0.15) is 5.10 Å². The van der Waals surface area contributed by atoms with Crippen LogP contribution in [0.15, 0.2) is 24.4 Å². The Kier molecular flexibility index (Phi) is 5.59. The highest BCUT2D eigenvalue weighted by atomic mass is 19.3. The third-order valence-corrected chi connectivity index (χ3v) is 8.48. The second kappa shape index (κ2) is 9.43. The number of nitrogens with one attached hydrogen (secondary N) is 2. The minimum absolute atomic E-state index is 0.0309. The fraction of sp³-hybridized carbons (Fsp3) is 0.556. The highest BCUT2D eigenvalue weighted by molar-refractivity contribution is 5.93. The van der Waals surface area contributed by atoms with Crippen molar-refractivity contribution in [2.45, 2.75) is 67.7 Å². The number of rotatable bonds is 6. The maximum Gasteiger partial charge on any atom is 0.282 e.